The average molecular weight is 328 g/mol. The lowest BCUT2D eigenvalue weighted by Crippen LogP contribution is -2.05. The summed E-state index contributed by atoms with van der Waals surface area (Å²) in [5.74, 6) is -0.147. The summed E-state index contributed by atoms with van der Waals surface area (Å²) < 4.78 is 32.0. The van der Waals surface area contributed by atoms with Gasteiger partial charge in [-0.1, -0.05) is 6.07 Å². The number of hydrogen-bond donors (Lipinski definition) is 1. The number of halogens is 3. The topological polar surface area (TPSA) is 35.2 Å². The highest BCUT2D eigenvalue weighted by molar-refractivity contribution is 9.10. The van der Waals surface area contributed by atoms with Crippen LogP contribution in [0.2, 0.25) is 0 Å². The summed E-state index contributed by atoms with van der Waals surface area (Å²) in [6.07, 6.45) is 0. The normalized spacial score (nSPS) is 10.5. The summed E-state index contributed by atoms with van der Waals surface area (Å²) in [7, 11) is 0. The van der Waals surface area contributed by atoms with E-state index >= 15 is 0 Å². The zero-order valence-electron chi connectivity index (χ0n) is 10.00. The van der Waals surface area contributed by atoms with Crippen molar-refractivity contribution in [3.8, 4) is 5.75 Å². The first-order chi connectivity index (χ1) is 9.10. The molecular formula is C14H12BrF2NO. The monoisotopic (exact) mass is 327 g/mol. The molecule has 19 heavy (non-hydrogen) atoms. The molecule has 0 aliphatic heterocycles. The molecule has 2 N–H and O–H groups in total. The van der Waals surface area contributed by atoms with Gasteiger partial charge in [0, 0.05) is 6.54 Å². The van der Waals surface area contributed by atoms with Gasteiger partial charge in [-0.2, -0.15) is 0 Å². The second-order valence-electron chi connectivity index (χ2n) is 3.98. The van der Waals surface area contributed by atoms with Crippen molar-refractivity contribution >= 4 is 15.9 Å². The van der Waals surface area contributed by atoms with Crippen LogP contribution in [0.3, 0.4) is 0 Å². The van der Waals surface area contributed by atoms with Crippen LogP contribution in [-0.4, -0.2) is 0 Å². The standard InChI is InChI=1S/C14H12BrF2NO/c15-13-6-12(3-4-14(13)17)19-8-9-1-2-11(16)5-10(9)7-18/h1-6H,7-8,18H2. The average Bonchev–Trinajstić information content (AvgIpc) is 2.41. The highest BCUT2D eigenvalue weighted by Gasteiger charge is 2.05. The summed E-state index contributed by atoms with van der Waals surface area (Å²) in [6, 6.07) is 8.77. The maximum Gasteiger partial charge on any atom is 0.137 e. The quantitative estimate of drug-likeness (QED) is 0.927. The second kappa shape index (κ2) is 6.12. The minimum atomic E-state index is -0.350. The molecule has 0 aromatic heterocycles. The number of hydrogen-bond acceptors (Lipinski definition) is 2. The molecular weight excluding hydrogens is 316 g/mol. The number of ether oxygens (including phenoxy) is 1. The van der Waals surface area contributed by atoms with E-state index in [9.17, 15) is 8.78 Å². The van der Waals surface area contributed by atoms with Crippen LogP contribution in [0.4, 0.5) is 8.78 Å². The fraction of sp³-hybridized carbons (Fsp3) is 0.143. The first-order valence-electron chi connectivity index (χ1n) is 5.65. The SMILES string of the molecule is NCc1cc(F)ccc1COc1ccc(F)c(Br)c1. The maximum atomic E-state index is 13.1. The molecule has 0 spiro atoms. The molecule has 0 saturated heterocycles. The Morgan fingerprint density at radius 2 is 1.84 bits per heavy atom. The molecule has 0 fully saturated rings. The van der Waals surface area contributed by atoms with E-state index in [4.69, 9.17) is 10.5 Å². The van der Waals surface area contributed by atoms with E-state index in [1.54, 1.807) is 12.1 Å². The number of benzene rings is 2. The first kappa shape index (κ1) is 14.0. The highest BCUT2D eigenvalue weighted by atomic mass is 79.9. The summed E-state index contributed by atoms with van der Waals surface area (Å²) >= 11 is 3.09. The Kier molecular flexibility index (Phi) is 4.50. The fourth-order valence-corrected chi connectivity index (χ4v) is 2.01. The minimum Gasteiger partial charge on any atom is -0.489 e. The molecule has 0 heterocycles. The van der Waals surface area contributed by atoms with E-state index in [2.05, 4.69) is 15.9 Å². The molecule has 0 atom stereocenters. The molecule has 0 amide bonds. The third-order valence-corrected chi connectivity index (χ3v) is 3.28. The predicted octanol–water partition coefficient (Wildman–Crippen LogP) is 3.77. The smallest absolute Gasteiger partial charge is 0.137 e. The molecule has 0 unspecified atom stereocenters. The van der Waals surface area contributed by atoms with Gasteiger partial charge in [-0.25, -0.2) is 8.78 Å². The number of rotatable bonds is 4. The third kappa shape index (κ3) is 3.52. The van der Waals surface area contributed by atoms with Crippen LogP contribution < -0.4 is 10.5 Å². The van der Waals surface area contributed by atoms with Gasteiger partial charge in [-0.3, -0.25) is 0 Å². The van der Waals surface area contributed by atoms with Gasteiger partial charge in [-0.15, -0.1) is 0 Å². The van der Waals surface area contributed by atoms with Crippen molar-refractivity contribution in [3.63, 3.8) is 0 Å². The van der Waals surface area contributed by atoms with Crippen molar-refractivity contribution in [2.45, 2.75) is 13.2 Å². The first-order valence-corrected chi connectivity index (χ1v) is 6.44. The van der Waals surface area contributed by atoms with Crippen LogP contribution in [-0.2, 0) is 13.2 Å². The minimum absolute atomic E-state index is 0.240. The van der Waals surface area contributed by atoms with Gasteiger partial charge in [0.15, 0.2) is 0 Å². The number of nitrogens with two attached hydrogens (primary N) is 1. The van der Waals surface area contributed by atoms with E-state index in [0.29, 0.717) is 15.8 Å². The molecule has 2 aromatic rings. The van der Waals surface area contributed by atoms with E-state index < -0.39 is 0 Å². The fourth-order valence-electron chi connectivity index (χ4n) is 1.65. The van der Waals surface area contributed by atoms with E-state index in [1.807, 2.05) is 0 Å². The lowest BCUT2D eigenvalue weighted by Gasteiger charge is -2.10. The van der Waals surface area contributed by atoms with Gasteiger partial charge in [0.2, 0.25) is 0 Å². The van der Waals surface area contributed by atoms with Gasteiger partial charge >= 0.3 is 0 Å². The summed E-state index contributed by atoms with van der Waals surface area (Å²) in [5, 5.41) is 0. The van der Waals surface area contributed by atoms with Gasteiger partial charge in [0.05, 0.1) is 4.47 Å². The molecule has 5 heteroatoms. The molecule has 0 radical (unpaired) electrons. The Labute approximate surface area is 118 Å². The molecule has 2 rings (SSSR count). The highest BCUT2D eigenvalue weighted by Crippen LogP contribution is 2.23. The third-order valence-electron chi connectivity index (χ3n) is 2.67. The van der Waals surface area contributed by atoms with Crippen LogP contribution in [0.1, 0.15) is 11.1 Å². The molecule has 2 nitrogen and oxygen atoms in total. The molecule has 0 aliphatic carbocycles. The Bertz CT molecular complexity index is 590. The van der Waals surface area contributed by atoms with Crippen molar-refractivity contribution in [2.24, 2.45) is 5.73 Å². The predicted molar refractivity (Wildman–Crippen MR) is 72.7 cm³/mol. The van der Waals surface area contributed by atoms with Crippen molar-refractivity contribution in [1.82, 2.24) is 0 Å². The van der Waals surface area contributed by atoms with Crippen LogP contribution >= 0.6 is 15.9 Å². The second-order valence-corrected chi connectivity index (χ2v) is 4.84. The Morgan fingerprint density at radius 3 is 2.53 bits per heavy atom. The zero-order chi connectivity index (χ0) is 13.8. The van der Waals surface area contributed by atoms with E-state index in [-0.39, 0.29) is 24.8 Å². The summed E-state index contributed by atoms with van der Waals surface area (Å²) in [4.78, 5) is 0. The Hall–Kier alpha value is -1.46. The largest absolute Gasteiger partial charge is 0.489 e. The van der Waals surface area contributed by atoms with Gasteiger partial charge < -0.3 is 10.5 Å². The van der Waals surface area contributed by atoms with E-state index in [0.717, 1.165) is 5.56 Å². The summed E-state index contributed by atoms with van der Waals surface area (Å²) in [5.41, 5.74) is 7.06. The lowest BCUT2D eigenvalue weighted by atomic mass is 10.1. The molecule has 100 valence electrons. The van der Waals surface area contributed by atoms with Crippen molar-refractivity contribution in [2.75, 3.05) is 0 Å². The molecule has 0 aliphatic rings. The van der Waals surface area contributed by atoms with Crippen LogP contribution in [0.5, 0.6) is 5.75 Å². The Morgan fingerprint density at radius 1 is 1.05 bits per heavy atom. The molecule has 2 aromatic carbocycles. The lowest BCUT2D eigenvalue weighted by molar-refractivity contribution is 0.304. The van der Waals surface area contributed by atoms with Gasteiger partial charge in [0.25, 0.3) is 0 Å². The Balaban J connectivity index is 2.12. The van der Waals surface area contributed by atoms with Crippen LogP contribution in [0.15, 0.2) is 40.9 Å². The summed E-state index contributed by atoms with van der Waals surface area (Å²) in [6.45, 7) is 0.494. The van der Waals surface area contributed by atoms with Crippen LogP contribution in [0.25, 0.3) is 0 Å². The van der Waals surface area contributed by atoms with Crippen molar-refractivity contribution < 1.29 is 13.5 Å². The van der Waals surface area contributed by atoms with Crippen molar-refractivity contribution in [1.29, 1.82) is 0 Å². The molecule has 0 saturated carbocycles. The van der Waals surface area contributed by atoms with Crippen molar-refractivity contribution in [3.05, 3.63) is 63.6 Å². The van der Waals surface area contributed by atoms with Gasteiger partial charge in [0.1, 0.15) is 24.0 Å². The van der Waals surface area contributed by atoms with Gasteiger partial charge in [-0.05, 0) is 57.4 Å². The molecule has 0 bridgehead atoms. The maximum absolute atomic E-state index is 13.1. The van der Waals surface area contributed by atoms with E-state index in [1.165, 1.54) is 24.3 Å². The van der Waals surface area contributed by atoms with Crippen LogP contribution in [0, 0.1) is 11.6 Å². The zero-order valence-corrected chi connectivity index (χ0v) is 11.6.